The Labute approximate surface area is 139 Å². The summed E-state index contributed by atoms with van der Waals surface area (Å²) in [6, 6.07) is 7.71. The highest BCUT2D eigenvalue weighted by Gasteiger charge is 2.13. The third kappa shape index (κ3) is 3.22. The van der Waals surface area contributed by atoms with Crippen LogP contribution in [0.25, 0.3) is 11.3 Å². The summed E-state index contributed by atoms with van der Waals surface area (Å²) in [6.07, 6.45) is 7.43. The van der Waals surface area contributed by atoms with Crippen molar-refractivity contribution in [1.29, 1.82) is 0 Å². The number of nitrogens with one attached hydrogen (secondary N) is 1. The number of anilines is 1. The summed E-state index contributed by atoms with van der Waals surface area (Å²) in [6.45, 7) is 0. The lowest BCUT2D eigenvalue weighted by Gasteiger charge is -2.05. The van der Waals surface area contributed by atoms with Crippen LogP contribution in [0.5, 0.6) is 0 Å². The molecule has 1 heterocycles. The minimum Gasteiger partial charge on any atom is -0.371 e. The molecule has 6 heteroatoms. The van der Waals surface area contributed by atoms with E-state index in [2.05, 4.69) is 10.4 Å². The molecule has 0 bridgehead atoms. The van der Waals surface area contributed by atoms with Crippen molar-refractivity contribution in [1.82, 2.24) is 9.78 Å². The van der Waals surface area contributed by atoms with Gasteiger partial charge in [-0.25, -0.2) is 9.07 Å². The molecule has 1 amide bonds. The zero-order valence-electron chi connectivity index (χ0n) is 13.4. The summed E-state index contributed by atoms with van der Waals surface area (Å²) in [5.74, 6) is -0.0910. The van der Waals surface area contributed by atoms with E-state index in [1.54, 1.807) is 24.0 Å². The van der Waals surface area contributed by atoms with Crippen molar-refractivity contribution in [2.45, 2.75) is 19.0 Å². The lowest BCUT2D eigenvalue weighted by atomic mass is 10.0. The molecule has 0 spiro atoms. The van der Waals surface area contributed by atoms with Gasteiger partial charge in [0.1, 0.15) is 11.7 Å². The predicted molar refractivity (Wildman–Crippen MR) is 92.9 cm³/mol. The van der Waals surface area contributed by atoms with Crippen LogP contribution in [-0.2, 0) is 0 Å². The Morgan fingerprint density at radius 2 is 2.12 bits per heavy atom. The molecule has 1 aromatic carbocycles. The number of hydrogen-bond donors (Lipinski definition) is 2. The number of alkyl halides is 1. The standard InChI is InChI=1S/C18H19FN4O/c1-21-18-16(17(20)24)11-23(22-18)15-9-6-13(7-10-15)12-3-2-4-14(19)8-5-12/h3,5-11,14H,2,4H2,1H3,(H2,20,24)(H,21,22). The highest BCUT2D eigenvalue weighted by molar-refractivity contribution is 5.97. The van der Waals surface area contributed by atoms with Gasteiger partial charge in [0.15, 0.2) is 5.82 Å². The number of benzene rings is 1. The molecule has 0 saturated carbocycles. The largest absolute Gasteiger partial charge is 0.371 e. The SMILES string of the molecule is CNc1nn(-c2ccc(C3=CCCC(F)C=C3)cc2)cc1C(N)=O. The Bertz CT molecular complexity index is 805. The number of nitrogens with two attached hydrogens (primary N) is 1. The maximum absolute atomic E-state index is 13.4. The third-order valence-electron chi connectivity index (χ3n) is 3.97. The normalized spacial score (nSPS) is 17.2. The van der Waals surface area contributed by atoms with Crippen molar-refractivity contribution in [3.05, 3.63) is 59.8 Å². The number of aromatic nitrogens is 2. The fourth-order valence-electron chi connectivity index (χ4n) is 2.66. The van der Waals surface area contributed by atoms with Gasteiger partial charge in [-0.1, -0.05) is 30.4 Å². The first-order chi connectivity index (χ1) is 11.6. The van der Waals surface area contributed by atoms with Gasteiger partial charge in [-0.15, -0.1) is 5.10 Å². The van der Waals surface area contributed by atoms with Crippen molar-refractivity contribution in [3.63, 3.8) is 0 Å². The Kier molecular flexibility index (Phi) is 4.46. The van der Waals surface area contributed by atoms with Gasteiger partial charge in [-0.05, 0) is 36.1 Å². The second kappa shape index (κ2) is 6.70. The maximum atomic E-state index is 13.4. The number of nitrogens with zero attached hydrogens (tertiary/aromatic N) is 2. The third-order valence-corrected chi connectivity index (χ3v) is 3.97. The van der Waals surface area contributed by atoms with E-state index < -0.39 is 12.1 Å². The van der Waals surface area contributed by atoms with Crippen molar-refractivity contribution in [2.75, 3.05) is 12.4 Å². The molecule has 0 radical (unpaired) electrons. The molecule has 1 aliphatic rings. The van der Waals surface area contributed by atoms with E-state index >= 15 is 0 Å². The van der Waals surface area contributed by atoms with E-state index in [0.717, 1.165) is 23.2 Å². The Morgan fingerprint density at radius 1 is 1.38 bits per heavy atom. The second-order valence-electron chi connectivity index (χ2n) is 5.61. The van der Waals surface area contributed by atoms with Crippen molar-refractivity contribution < 1.29 is 9.18 Å². The van der Waals surface area contributed by atoms with E-state index in [-0.39, 0.29) is 0 Å². The number of hydrogen-bond acceptors (Lipinski definition) is 3. The van der Waals surface area contributed by atoms with Gasteiger partial charge in [0.2, 0.25) is 0 Å². The number of allylic oxidation sites excluding steroid dienone is 4. The van der Waals surface area contributed by atoms with Gasteiger partial charge < -0.3 is 11.1 Å². The Balaban J connectivity index is 1.88. The van der Waals surface area contributed by atoms with Crippen LogP contribution in [0.15, 0.2) is 48.7 Å². The fraction of sp³-hybridized carbons (Fsp3) is 0.222. The molecule has 24 heavy (non-hydrogen) atoms. The Hall–Kier alpha value is -2.89. The van der Waals surface area contributed by atoms with E-state index in [1.807, 2.05) is 36.4 Å². The molecule has 3 N–H and O–H groups in total. The van der Waals surface area contributed by atoms with E-state index in [4.69, 9.17) is 5.73 Å². The van der Waals surface area contributed by atoms with Crippen molar-refractivity contribution in [3.8, 4) is 5.69 Å². The molecule has 0 saturated heterocycles. The summed E-state index contributed by atoms with van der Waals surface area (Å²) >= 11 is 0. The molecular formula is C18H19FN4O. The van der Waals surface area contributed by atoms with Crippen LogP contribution in [-0.4, -0.2) is 28.9 Å². The van der Waals surface area contributed by atoms with Crippen molar-refractivity contribution in [2.24, 2.45) is 5.73 Å². The zero-order valence-corrected chi connectivity index (χ0v) is 13.4. The van der Waals surface area contributed by atoms with Crippen LogP contribution in [0, 0.1) is 0 Å². The van der Waals surface area contributed by atoms with Gasteiger partial charge in [0.05, 0.1) is 5.69 Å². The lowest BCUT2D eigenvalue weighted by Crippen LogP contribution is -2.11. The number of halogens is 1. The summed E-state index contributed by atoms with van der Waals surface area (Å²) in [4.78, 5) is 11.4. The average Bonchev–Trinajstić information content (AvgIpc) is 2.91. The molecule has 5 nitrogen and oxygen atoms in total. The van der Waals surface area contributed by atoms with E-state index in [9.17, 15) is 9.18 Å². The van der Waals surface area contributed by atoms with Gasteiger partial charge in [-0.3, -0.25) is 4.79 Å². The van der Waals surface area contributed by atoms with Gasteiger partial charge in [0.25, 0.3) is 5.91 Å². The Morgan fingerprint density at radius 3 is 2.75 bits per heavy atom. The van der Waals surface area contributed by atoms with Gasteiger partial charge >= 0.3 is 0 Å². The van der Waals surface area contributed by atoms with Crippen LogP contribution in [0.2, 0.25) is 0 Å². The maximum Gasteiger partial charge on any atom is 0.254 e. The van der Waals surface area contributed by atoms with Crippen LogP contribution in [0.3, 0.4) is 0 Å². The highest BCUT2D eigenvalue weighted by atomic mass is 19.1. The number of rotatable bonds is 4. The molecule has 0 aliphatic heterocycles. The monoisotopic (exact) mass is 326 g/mol. The van der Waals surface area contributed by atoms with Gasteiger partial charge in [-0.2, -0.15) is 0 Å². The molecule has 0 fully saturated rings. The van der Waals surface area contributed by atoms with Crippen molar-refractivity contribution >= 4 is 17.3 Å². The minimum absolute atomic E-state index is 0.338. The average molecular weight is 326 g/mol. The summed E-state index contributed by atoms with van der Waals surface area (Å²) in [7, 11) is 1.69. The van der Waals surface area contributed by atoms with E-state index in [1.165, 1.54) is 0 Å². The fourth-order valence-corrected chi connectivity index (χ4v) is 2.66. The second-order valence-corrected chi connectivity index (χ2v) is 5.61. The molecular weight excluding hydrogens is 307 g/mol. The van der Waals surface area contributed by atoms with E-state index in [0.29, 0.717) is 17.8 Å². The molecule has 124 valence electrons. The first kappa shape index (κ1) is 16.0. The predicted octanol–water partition coefficient (Wildman–Crippen LogP) is 3.08. The quantitative estimate of drug-likeness (QED) is 0.907. The molecule has 1 unspecified atom stereocenters. The van der Waals surface area contributed by atoms with Crippen LogP contribution in [0.4, 0.5) is 10.2 Å². The smallest absolute Gasteiger partial charge is 0.254 e. The lowest BCUT2D eigenvalue weighted by molar-refractivity contribution is 0.100. The summed E-state index contributed by atoms with van der Waals surface area (Å²) in [5, 5.41) is 7.17. The molecule has 1 aromatic heterocycles. The topological polar surface area (TPSA) is 72.9 Å². The summed E-state index contributed by atoms with van der Waals surface area (Å²) in [5.41, 5.74) is 8.52. The zero-order chi connectivity index (χ0) is 17.1. The number of primary amides is 1. The molecule has 1 atom stereocenters. The highest BCUT2D eigenvalue weighted by Crippen LogP contribution is 2.24. The number of amides is 1. The first-order valence-corrected chi connectivity index (χ1v) is 7.79. The van der Waals surface area contributed by atoms with Crippen LogP contribution < -0.4 is 11.1 Å². The van der Waals surface area contributed by atoms with Gasteiger partial charge in [0, 0.05) is 13.2 Å². The number of carbonyl (C=O) groups excluding carboxylic acids is 1. The first-order valence-electron chi connectivity index (χ1n) is 7.79. The van der Waals surface area contributed by atoms with Crippen LogP contribution >= 0.6 is 0 Å². The minimum atomic E-state index is -0.880. The van der Waals surface area contributed by atoms with Crippen LogP contribution in [0.1, 0.15) is 28.8 Å². The molecule has 2 aromatic rings. The number of carbonyl (C=O) groups is 1. The molecule has 3 rings (SSSR count). The summed E-state index contributed by atoms with van der Waals surface area (Å²) < 4.78 is 15.0. The molecule has 1 aliphatic carbocycles.